The Labute approximate surface area is 113 Å². The van der Waals surface area contributed by atoms with Gasteiger partial charge in [0.15, 0.2) is 0 Å². The van der Waals surface area contributed by atoms with E-state index in [1.165, 1.54) is 28.5 Å². The molecule has 2 heteroatoms. The second kappa shape index (κ2) is 4.07. The molecule has 1 aliphatic rings. The van der Waals surface area contributed by atoms with Gasteiger partial charge in [-0.2, -0.15) is 0 Å². The lowest BCUT2D eigenvalue weighted by Gasteiger charge is -2.38. The number of benzene rings is 1. The van der Waals surface area contributed by atoms with E-state index >= 15 is 0 Å². The van der Waals surface area contributed by atoms with Crippen molar-refractivity contribution < 1.29 is 0 Å². The molecule has 96 valence electrons. The standard InChI is InChI=1S/C16H21NS/c1-15(2)8-5-9-16(15,17)10-12-11-18-14-7-4-3-6-13(12)14/h3-4,6-7,11H,5,8-10,17H2,1-2H3. The lowest BCUT2D eigenvalue weighted by molar-refractivity contribution is 0.207. The van der Waals surface area contributed by atoms with Crippen molar-refractivity contribution in [1.29, 1.82) is 0 Å². The minimum atomic E-state index is -0.0309. The molecule has 2 N–H and O–H groups in total. The Balaban J connectivity index is 1.97. The molecule has 0 aliphatic heterocycles. The second-order valence-corrected chi connectivity index (χ2v) is 7.24. The maximum absolute atomic E-state index is 6.72. The first-order valence-electron chi connectivity index (χ1n) is 6.76. The van der Waals surface area contributed by atoms with Crippen molar-refractivity contribution in [3.8, 4) is 0 Å². The summed E-state index contributed by atoms with van der Waals surface area (Å²) >= 11 is 1.84. The third-order valence-electron chi connectivity index (χ3n) is 4.84. The predicted molar refractivity (Wildman–Crippen MR) is 80.1 cm³/mol. The maximum Gasteiger partial charge on any atom is 0.0345 e. The maximum atomic E-state index is 6.72. The van der Waals surface area contributed by atoms with Crippen LogP contribution in [0, 0.1) is 5.41 Å². The third-order valence-corrected chi connectivity index (χ3v) is 5.85. The van der Waals surface area contributed by atoms with Gasteiger partial charge in [-0.25, -0.2) is 0 Å². The Morgan fingerprint density at radius 2 is 2.00 bits per heavy atom. The lowest BCUT2D eigenvalue weighted by atomic mass is 9.72. The molecule has 1 fully saturated rings. The van der Waals surface area contributed by atoms with E-state index in [1.54, 1.807) is 0 Å². The number of hydrogen-bond acceptors (Lipinski definition) is 2. The fourth-order valence-electron chi connectivity index (χ4n) is 3.27. The number of hydrogen-bond donors (Lipinski definition) is 1. The molecule has 2 aromatic rings. The molecule has 0 spiro atoms. The van der Waals surface area contributed by atoms with E-state index in [1.807, 2.05) is 11.3 Å². The van der Waals surface area contributed by atoms with Crippen molar-refractivity contribution in [3.05, 3.63) is 35.2 Å². The molecule has 0 saturated heterocycles. The highest BCUT2D eigenvalue weighted by Gasteiger charge is 2.45. The first-order chi connectivity index (χ1) is 8.52. The van der Waals surface area contributed by atoms with Crippen molar-refractivity contribution in [3.63, 3.8) is 0 Å². The number of fused-ring (bicyclic) bond motifs is 1. The SMILES string of the molecule is CC1(C)CCCC1(N)Cc1csc2ccccc12. The summed E-state index contributed by atoms with van der Waals surface area (Å²) < 4.78 is 1.38. The van der Waals surface area contributed by atoms with Gasteiger partial charge in [0.05, 0.1) is 0 Å². The summed E-state index contributed by atoms with van der Waals surface area (Å²) in [5.41, 5.74) is 8.39. The summed E-state index contributed by atoms with van der Waals surface area (Å²) in [6.07, 6.45) is 4.70. The molecule has 0 radical (unpaired) electrons. The van der Waals surface area contributed by atoms with E-state index in [0.717, 1.165) is 12.8 Å². The zero-order valence-corrected chi connectivity index (χ0v) is 12.0. The largest absolute Gasteiger partial charge is 0.324 e. The van der Waals surface area contributed by atoms with Gasteiger partial charge in [0, 0.05) is 10.2 Å². The van der Waals surface area contributed by atoms with Gasteiger partial charge in [-0.15, -0.1) is 11.3 Å². The van der Waals surface area contributed by atoms with Crippen LogP contribution in [0.25, 0.3) is 10.1 Å². The summed E-state index contributed by atoms with van der Waals surface area (Å²) in [6.45, 7) is 4.66. The molecule has 0 bridgehead atoms. The molecule has 18 heavy (non-hydrogen) atoms. The molecule has 1 unspecified atom stereocenters. The van der Waals surface area contributed by atoms with E-state index in [2.05, 4.69) is 43.5 Å². The Hall–Kier alpha value is -0.860. The van der Waals surface area contributed by atoms with Gasteiger partial charge in [-0.1, -0.05) is 38.5 Å². The van der Waals surface area contributed by atoms with Gasteiger partial charge in [-0.3, -0.25) is 0 Å². The van der Waals surface area contributed by atoms with Gasteiger partial charge in [-0.05, 0) is 47.1 Å². The summed E-state index contributed by atoms with van der Waals surface area (Å²) in [6, 6.07) is 8.67. The van der Waals surface area contributed by atoms with Crippen molar-refractivity contribution in [1.82, 2.24) is 0 Å². The number of rotatable bonds is 2. The topological polar surface area (TPSA) is 26.0 Å². The molecule has 3 rings (SSSR count). The molecular formula is C16H21NS. The van der Waals surface area contributed by atoms with Crippen molar-refractivity contribution in [2.24, 2.45) is 11.1 Å². The van der Waals surface area contributed by atoms with E-state index < -0.39 is 0 Å². The highest BCUT2D eigenvalue weighted by Crippen LogP contribution is 2.46. The van der Waals surface area contributed by atoms with Gasteiger partial charge < -0.3 is 5.73 Å². The highest BCUT2D eigenvalue weighted by atomic mass is 32.1. The minimum Gasteiger partial charge on any atom is -0.324 e. The Bertz CT molecular complexity index is 569. The van der Waals surface area contributed by atoms with Crippen LogP contribution in [0.5, 0.6) is 0 Å². The monoisotopic (exact) mass is 259 g/mol. The Kier molecular flexibility index (Phi) is 2.76. The first-order valence-corrected chi connectivity index (χ1v) is 7.64. The average Bonchev–Trinajstić information content (AvgIpc) is 2.83. The van der Waals surface area contributed by atoms with Crippen LogP contribution >= 0.6 is 11.3 Å². The predicted octanol–water partition coefficient (Wildman–Crippen LogP) is 4.35. The van der Waals surface area contributed by atoms with Crippen LogP contribution in [0.4, 0.5) is 0 Å². The Morgan fingerprint density at radius 1 is 1.22 bits per heavy atom. The number of thiophene rings is 1. The van der Waals surface area contributed by atoms with Gasteiger partial charge in [0.2, 0.25) is 0 Å². The Morgan fingerprint density at radius 3 is 2.72 bits per heavy atom. The second-order valence-electron chi connectivity index (χ2n) is 6.33. The van der Waals surface area contributed by atoms with Crippen molar-refractivity contribution >= 4 is 21.4 Å². The molecule has 0 amide bonds. The van der Waals surface area contributed by atoms with E-state index in [-0.39, 0.29) is 11.0 Å². The minimum absolute atomic E-state index is 0.0309. The zero-order valence-electron chi connectivity index (χ0n) is 11.2. The molecule has 1 heterocycles. The average molecular weight is 259 g/mol. The molecule has 1 aromatic heterocycles. The fraction of sp³-hybridized carbons (Fsp3) is 0.500. The number of nitrogens with two attached hydrogens (primary N) is 1. The van der Waals surface area contributed by atoms with E-state index in [0.29, 0.717) is 0 Å². The smallest absolute Gasteiger partial charge is 0.0345 e. The normalized spacial score (nSPS) is 26.8. The van der Waals surface area contributed by atoms with Gasteiger partial charge >= 0.3 is 0 Å². The first kappa shape index (κ1) is 12.2. The van der Waals surface area contributed by atoms with E-state index in [9.17, 15) is 0 Å². The summed E-state index contributed by atoms with van der Waals surface area (Å²) in [5, 5.41) is 3.70. The molecule has 1 nitrogen and oxygen atoms in total. The van der Waals surface area contributed by atoms with Gasteiger partial charge in [0.1, 0.15) is 0 Å². The van der Waals surface area contributed by atoms with Gasteiger partial charge in [0.25, 0.3) is 0 Å². The third kappa shape index (κ3) is 1.79. The summed E-state index contributed by atoms with van der Waals surface area (Å²) in [7, 11) is 0. The molecule has 1 aromatic carbocycles. The molecular weight excluding hydrogens is 238 g/mol. The highest BCUT2D eigenvalue weighted by molar-refractivity contribution is 7.17. The van der Waals surface area contributed by atoms with Crippen LogP contribution < -0.4 is 5.73 Å². The van der Waals surface area contributed by atoms with Crippen molar-refractivity contribution in [2.75, 3.05) is 0 Å². The van der Waals surface area contributed by atoms with Crippen LogP contribution in [-0.4, -0.2) is 5.54 Å². The van der Waals surface area contributed by atoms with Crippen LogP contribution in [0.3, 0.4) is 0 Å². The summed E-state index contributed by atoms with van der Waals surface area (Å²) in [4.78, 5) is 0. The van der Waals surface area contributed by atoms with Crippen LogP contribution in [0.15, 0.2) is 29.6 Å². The van der Waals surface area contributed by atoms with Crippen LogP contribution in [-0.2, 0) is 6.42 Å². The van der Waals surface area contributed by atoms with Crippen LogP contribution in [0.1, 0.15) is 38.7 Å². The zero-order chi connectivity index (χ0) is 12.8. The lowest BCUT2D eigenvalue weighted by Crippen LogP contribution is -2.50. The molecule has 1 saturated carbocycles. The molecule has 1 aliphatic carbocycles. The summed E-state index contributed by atoms with van der Waals surface area (Å²) in [5.74, 6) is 0. The fourth-order valence-corrected chi connectivity index (χ4v) is 4.23. The van der Waals surface area contributed by atoms with Crippen molar-refractivity contribution in [2.45, 2.75) is 45.1 Å². The molecule has 1 atom stereocenters. The van der Waals surface area contributed by atoms with Crippen LogP contribution in [0.2, 0.25) is 0 Å². The quantitative estimate of drug-likeness (QED) is 0.852. The van der Waals surface area contributed by atoms with E-state index in [4.69, 9.17) is 5.73 Å².